The first-order valence-electron chi connectivity index (χ1n) is 5.15. The smallest absolute Gasteiger partial charge is 0.239 e. The number of aryl methyl sites for hydroxylation is 1. The normalized spacial score (nSPS) is 16.1. The first-order chi connectivity index (χ1) is 7.58. The van der Waals surface area contributed by atoms with Crippen molar-refractivity contribution in [3.05, 3.63) is 23.5 Å². The average Bonchev–Trinajstić information content (AvgIpc) is 2.23. The van der Waals surface area contributed by atoms with Crippen LogP contribution >= 0.6 is 0 Å². The third kappa shape index (κ3) is 1.93. The van der Waals surface area contributed by atoms with Crippen LogP contribution in [-0.2, 0) is 4.79 Å². The first kappa shape index (κ1) is 10.7. The number of hydrogen-bond donors (Lipinski definition) is 2. The highest BCUT2D eigenvalue weighted by atomic mass is 19.1. The minimum Gasteiger partial charge on any atom is -0.397 e. The number of halogens is 1. The van der Waals surface area contributed by atoms with Crippen LogP contribution in [0.25, 0.3) is 0 Å². The van der Waals surface area contributed by atoms with Crippen molar-refractivity contribution in [1.29, 1.82) is 0 Å². The van der Waals surface area contributed by atoms with Crippen molar-refractivity contribution in [2.45, 2.75) is 6.92 Å². The van der Waals surface area contributed by atoms with Crippen LogP contribution in [-0.4, -0.2) is 25.5 Å². The maximum atomic E-state index is 13.2. The topological polar surface area (TPSA) is 58.4 Å². The number of nitrogens with one attached hydrogen (secondary N) is 1. The molecule has 0 spiro atoms. The molecule has 3 N–H and O–H groups in total. The van der Waals surface area contributed by atoms with Gasteiger partial charge in [0, 0.05) is 13.1 Å². The van der Waals surface area contributed by atoms with Gasteiger partial charge < -0.3 is 16.0 Å². The van der Waals surface area contributed by atoms with Crippen molar-refractivity contribution in [1.82, 2.24) is 5.32 Å². The summed E-state index contributed by atoms with van der Waals surface area (Å²) in [6.45, 7) is 3.24. The van der Waals surface area contributed by atoms with Crippen molar-refractivity contribution >= 4 is 17.3 Å². The Labute approximate surface area is 93.2 Å². The fraction of sp³-hybridized carbons (Fsp3) is 0.364. The maximum absolute atomic E-state index is 13.2. The van der Waals surface area contributed by atoms with E-state index in [4.69, 9.17) is 5.73 Å². The van der Waals surface area contributed by atoms with Crippen LogP contribution in [0.1, 0.15) is 5.56 Å². The largest absolute Gasteiger partial charge is 0.397 e. The SMILES string of the molecule is Cc1cc(N2CCNC(=O)C2)c(N)cc1F. The molecule has 0 unspecified atom stereocenters. The molecule has 0 bridgehead atoms. The number of nitrogen functional groups attached to an aromatic ring is 1. The maximum Gasteiger partial charge on any atom is 0.239 e. The number of nitrogens with two attached hydrogens (primary N) is 1. The number of carbonyl (C=O) groups is 1. The van der Waals surface area contributed by atoms with Crippen molar-refractivity contribution in [3.63, 3.8) is 0 Å². The van der Waals surface area contributed by atoms with Gasteiger partial charge in [0.1, 0.15) is 5.82 Å². The van der Waals surface area contributed by atoms with E-state index in [-0.39, 0.29) is 18.3 Å². The Balaban J connectivity index is 2.32. The van der Waals surface area contributed by atoms with E-state index in [0.29, 0.717) is 24.3 Å². The first-order valence-corrected chi connectivity index (χ1v) is 5.15. The van der Waals surface area contributed by atoms with Gasteiger partial charge in [-0.25, -0.2) is 4.39 Å². The lowest BCUT2D eigenvalue weighted by Gasteiger charge is -2.29. The van der Waals surface area contributed by atoms with E-state index < -0.39 is 0 Å². The standard InChI is InChI=1S/C11H14FN3O/c1-7-4-10(9(13)5-8(7)12)15-3-2-14-11(16)6-15/h4-5H,2-3,6,13H2,1H3,(H,14,16). The molecule has 2 rings (SSSR count). The second-order valence-corrected chi connectivity index (χ2v) is 3.93. The summed E-state index contributed by atoms with van der Waals surface area (Å²) in [5, 5.41) is 2.73. The Morgan fingerprint density at radius 1 is 1.50 bits per heavy atom. The minimum atomic E-state index is -0.317. The Kier molecular flexibility index (Phi) is 2.68. The molecule has 0 atom stereocenters. The molecule has 1 aliphatic heterocycles. The van der Waals surface area contributed by atoms with Crippen LogP contribution in [0.3, 0.4) is 0 Å². The molecule has 1 aromatic carbocycles. The van der Waals surface area contributed by atoms with Crippen molar-refractivity contribution in [2.75, 3.05) is 30.3 Å². The minimum absolute atomic E-state index is 0.0346. The van der Waals surface area contributed by atoms with E-state index in [9.17, 15) is 9.18 Å². The van der Waals surface area contributed by atoms with Crippen LogP contribution in [0.15, 0.2) is 12.1 Å². The third-order valence-electron chi connectivity index (χ3n) is 2.69. The van der Waals surface area contributed by atoms with Gasteiger partial charge in [0.05, 0.1) is 17.9 Å². The fourth-order valence-corrected chi connectivity index (χ4v) is 1.80. The molecule has 1 heterocycles. The molecule has 1 amide bonds. The van der Waals surface area contributed by atoms with Crippen molar-refractivity contribution in [3.8, 4) is 0 Å². The third-order valence-corrected chi connectivity index (χ3v) is 2.69. The second-order valence-electron chi connectivity index (χ2n) is 3.93. The number of nitrogens with zero attached hydrogens (tertiary/aromatic N) is 1. The lowest BCUT2D eigenvalue weighted by atomic mass is 10.1. The summed E-state index contributed by atoms with van der Waals surface area (Å²) in [7, 11) is 0. The number of anilines is 2. The van der Waals surface area contributed by atoms with Gasteiger partial charge in [-0.15, -0.1) is 0 Å². The number of carbonyl (C=O) groups excluding carboxylic acids is 1. The Bertz CT molecular complexity index is 433. The van der Waals surface area contributed by atoms with Gasteiger partial charge in [0.15, 0.2) is 0 Å². The van der Waals surface area contributed by atoms with Gasteiger partial charge in [-0.3, -0.25) is 4.79 Å². The predicted octanol–water partition coefficient (Wildman–Crippen LogP) is 0.653. The molecule has 1 aromatic rings. The van der Waals surface area contributed by atoms with Crippen molar-refractivity contribution in [2.24, 2.45) is 0 Å². The van der Waals surface area contributed by atoms with Gasteiger partial charge in [-0.1, -0.05) is 0 Å². The Morgan fingerprint density at radius 3 is 2.94 bits per heavy atom. The molecule has 86 valence electrons. The van der Waals surface area contributed by atoms with Crippen LogP contribution < -0.4 is 16.0 Å². The average molecular weight is 223 g/mol. The monoisotopic (exact) mass is 223 g/mol. The van der Waals surface area contributed by atoms with E-state index >= 15 is 0 Å². The number of hydrogen-bond acceptors (Lipinski definition) is 3. The number of amides is 1. The predicted molar refractivity (Wildman–Crippen MR) is 60.8 cm³/mol. The van der Waals surface area contributed by atoms with Gasteiger partial charge in [0.2, 0.25) is 5.91 Å². The highest BCUT2D eigenvalue weighted by molar-refractivity contribution is 5.84. The summed E-state index contributed by atoms with van der Waals surface area (Å²) in [5.41, 5.74) is 7.39. The van der Waals surface area contributed by atoms with Gasteiger partial charge in [-0.05, 0) is 24.6 Å². The second kappa shape index (κ2) is 4.00. The molecule has 0 aliphatic carbocycles. The molecule has 5 heteroatoms. The molecule has 4 nitrogen and oxygen atoms in total. The quantitative estimate of drug-likeness (QED) is 0.687. The zero-order valence-corrected chi connectivity index (χ0v) is 9.09. The summed E-state index contributed by atoms with van der Waals surface area (Å²) < 4.78 is 13.2. The van der Waals surface area contributed by atoms with Gasteiger partial charge in [0.25, 0.3) is 0 Å². The van der Waals surface area contributed by atoms with E-state index in [2.05, 4.69) is 5.32 Å². The van der Waals surface area contributed by atoms with Crippen LogP contribution in [0.2, 0.25) is 0 Å². The lowest BCUT2D eigenvalue weighted by molar-refractivity contribution is -0.120. The van der Waals surface area contributed by atoms with E-state index in [1.165, 1.54) is 6.07 Å². The van der Waals surface area contributed by atoms with Crippen LogP contribution in [0.5, 0.6) is 0 Å². The van der Waals surface area contributed by atoms with E-state index in [1.54, 1.807) is 13.0 Å². The molecule has 1 aliphatic rings. The molecule has 0 radical (unpaired) electrons. The summed E-state index contributed by atoms with van der Waals surface area (Å²) >= 11 is 0. The molecule has 0 saturated carbocycles. The number of rotatable bonds is 1. The van der Waals surface area contributed by atoms with Crippen LogP contribution in [0.4, 0.5) is 15.8 Å². The lowest BCUT2D eigenvalue weighted by Crippen LogP contribution is -2.47. The summed E-state index contributed by atoms with van der Waals surface area (Å²) in [4.78, 5) is 13.1. The summed E-state index contributed by atoms with van der Waals surface area (Å²) in [5.74, 6) is -0.352. The summed E-state index contributed by atoms with van der Waals surface area (Å²) in [6.07, 6.45) is 0. The molecule has 0 aromatic heterocycles. The highest BCUT2D eigenvalue weighted by Gasteiger charge is 2.19. The van der Waals surface area contributed by atoms with Crippen LogP contribution in [0, 0.1) is 12.7 Å². The Morgan fingerprint density at radius 2 is 2.25 bits per heavy atom. The highest BCUT2D eigenvalue weighted by Crippen LogP contribution is 2.26. The zero-order chi connectivity index (χ0) is 11.7. The van der Waals surface area contributed by atoms with Gasteiger partial charge in [-0.2, -0.15) is 0 Å². The zero-order valence-electron chi connectivity index (χ0n) is 9.09. The molecule has 1 fully saturated rings. The molecular weight excluding hydrogens is 209 g/mol. The molecule has 1 saturated heterocycles. The summed E-state index contributed by atoms with van der Waals surface area (Å²) in [6, 6.07) is 2.99. The number of piperazine rings is 1. The molecular formula is C11H14FN3O. The number of benzene rings is 1. The van der Waals surface area contributed by atoms with E-state index in [0.717, 1.165) is 5.69 Å². The fourth-order valence-electron chi connectivity index (χ4n) is 1.80. The molecule has 16 heavy (non-hydrogen) atoms. The van der Waals surface area contributed by atoms with Gasteiger partial charge >= 0.3 is 0 Å². The van der Waals surface area contributed by atoms with E-state index in [1.807, 2.05) is 4.90 Å². The Hall–Kier alpha value is -1.78. The van der Waals surface area contributed by atoms with Crippen molar-refractivity contribution < 1.29 is 9.18 Å².